The molecule has 0 aromatic heterocycles. The van der Waals surface area contributed by atoms with Gasteiger partial charge < -0.3 is 5.32 Å². The van der Waals surface area contributed by atoms with Crippen molar-refractivity contribution in [3.05, 3.63) is 101 Å². The van der Waals surface area contributed by atoms with E-state index in [1.54, 1.807) is 11.8 Å². The van der Waals surface area contributed by atoms with Gasteiger partial charge in [0.15, 0.2) is 0 Å². The van der Waals surface area contributed by atoms with Crippen LogP contribution in [0, 0.1) is 13.8 Å². The average molecular weight is 390 g/mol. The molecular weight excluding hydrogens is 362 g/mol. The average Bonchev–Trinajstić information content (AvgIpc) is 2.72. The molecule has 3 aromatic carbocycles. The number of aryl methyl sites for hydroxylation is 2. The number of hydrogen-bond acceptors (Lipinski definition) is 2. The summed E-state index contributed by atoms with van der Waals surface area (Å²) in [7, 11) is 0. The minimum absolute atomic E-state index is 0.0194. The molecule has 0 heterocycles. The number of carbonyl (C=O) groups excluding carboxylic acids is 1. The van der Waals surface area contributed by atoms with E-state index in [9.17, 15) is 4.79 Å². The summed E-state index contributed by atoms with van der Waals surface area (Å²) < 4.78 is 0. The summed E-state index contributed by atoms with van der Waals surface area (Å²) in [4.78, 5) is 14.0. The van der Waals surface area contributed by atoms with Crippen LogP contribution in [0.2, 0.25) is 0 Å². The van der Waals surface area contributed by atoms with Gasteiger partial charge in [0.05, 0.1) is 6.04 Å². The van der Waals surface area contributed by atoms with Crippen molar-refractivity contribution in [2.45, 2.75) is 43.9 Å². The lowest BCUT2D eigenvalue weighted by Gasteiger charge is -2.20. The van der Waals surface area contributed by atoms with E-state index in [4.69, 9.17) is 0 Å². The van der Waals surface area contributed by atoms with Gasteiger partial charge in [0.1, 0.15) is 0 Å². The predicted octanol–water partition coefficient (Wildman–Crippen LogP) is 6.48. The van der Waals surface area contributed by atoms with Crippen LogP contribution in [0.1, 0.15) is 52.0 Å². The van der Waals surface area contributed by atoms with Crippen molar-refractivity contribution in [2.75, 3.05) is 0 Å². The lowest BCUT2D eigenvalue weighted by Crippen LogP contribution is -2.28. The molecule has 1 N–H and O–H groups in total. The van der Waals surface area contributed by atoms with Crippen LogP contribution in [-0.4, -0.2) is 5.91 Å². The zero-order chi connectivity index (χ0) is 19.9. The molecule has 0 bridgehead atoms. The highest BCUT2D eigenvalue weighted by Gasteiger charge is 2.16. The Kier molecular flexibility index (Phi) is 6.94. The first-order chi connectivity index (χ1) is 13.6. The number of amides is 1. The molecular formula is C25H27NOS. The Labute approximate surface area is 172 Å². The molecule has 1 atom stereocenters. The highest BCUT2D eigenvalue weighted by Crippen LogP contribution is 2.24. The van der Waals surface area contributed by atoms with Crippen molar-refractivity contribution < 1.29 is 4.79 Å². The standard InChI is InChI=1S/C25H27NOS/c1-4-24(23-15-10-18(2)16-19(23)3)26-25(27)21-13-11-20(12-14-21)17-28-22-8-6-5-7-9-22/h5-16,24H,4,17H2,1-3H3,(H,26,27)/t24-/m0/s1. The zero-order valence-corrected chi connectivity index (χ0v) is 17.6. The number of benzene rings is 3. The Morgan fingerprint density at radius 1 is 0.964 bits per heavy atom. The molecule has 1 amide bonds. The summed E-state index contributed by atoms with van der Waals surface area (Å²) in [5.74, 6) is 0.876. The van der Waals surface area contributed by atoms with E-state index in [0.717, 1.165) is 12.2 Å². The molecule has 0 fully saturated rings. The van der Waals surface area contributed by atoms with Crippen molar-refractivity contribution in [3.63, 3.8) is 0 Å². The van der Waals surface area contributed by atoms with Crippen LogP contribution in [-0.2, 0) is 5.75 Å². The molecule has 0 aliphatic heterocycles. The van der Waals surface area contributed by atoms with Gasteiger partial charge in [0.2, 0.25) is 0 Å². The van der Waals surface area contributed by atoms with Crippen LogP contribution in [0.5, 0.6) is 0 Å². The molecule has 144 valence electrons. The molecule has 3 rings (SSSR count). The van der Waals surface area contributed by atoms with Crippen LogP contribution in [0.25, 0.3) is 0 Å². The summed E-state index contributed by atoms with van der Waals surface area (Å²) in [6.45, 7) is 6.30. The van der Waals surface area contributed by atoms with Gasteiger partial charge in [0, 0.05) is 16.2 Å². The fourth-order valence-electron chi connectivity index (χ4n) is 3.29. The second kappa shape index (κ2) is 9.61. The zero-order valence-electron chi connectivity index (χ0n) is 16.7. The van der Waals surface area contributed by atoms with E-state index in [-0.39, 0.29) is 11.9 Å². The van der Waals surface area contributed by atoms with Gasteiger partial charge in [-0.1, -0.05) is 61.0 Å². The summed E-state index contributed by atoms with van der Waals surface area (Å²) in [6.07, 6.45) is 0.863. The maximum atomic E-state index is 12.7. The second-order valence-corrected chi connectivity index (χ2v) is 8.14. The van der Waals surface area contributed by atoms with Crippen molar-refractivity contribution in [3.8, 4) is 0 Å². The summed E-state index contributed by atoms with van der Waals surface area (Å²) in [5.41, 5.74) is 5.58. The molecule has 0 radical (unpaired) electrons. The Morgan fingerprint density at radius 3 is 2.32 bits per heavy atom. The number of hydrogen-bond donors (Lipinski definition) is 1. The van der Waals surface area contributed by atoms with Crippen molar-refractivity contribution in [1.82, 2.24) is 5.32 Å². The Balaban J connectivity index is 1.63. The van der Waals surface area contributed by atoms with Crippen molar-refractivity contribution in [1.29, 1.82) is 0 Å². The van der Waals surface area contributed by atoms with Gasteiger partial charge in [0.25, 0.3) is 5.91 Å². The minimum atomic E-state index is -0.0194. The minimum Gasteiger partial charge on any atom is -0.345 e. The fourth-order valence-corrected chi connectivity index (χ4v) is 4.17. The highest BCUT2D eigenvalue weighted by atomic mass is 32.2. The molecule has 0 unspecified atom stereocenters. The Hall–Kier alpha value is -2.52. The third-order valence-electron chi connectivity index (χ3n) is 4.88. The lowest BCUT2D eigenvalue weighted by atomic mass is 9.97. The van der Waals surface area contributed by atoms with Gasteiger partial charge in [-0.2, -0.15) is 0 Å². The molecule has 3 heteroatoms. The van der Waals surface area contributed by atoms with Gasteiger partial charge in [-0.25, -0.2) is 0 Å². The van der Waals surface area contributed by atoms with Crippen molar-refractivity contribution >= 4 is 17.7 Å². The van der Waals surface area contributed by atoms with Gasteiger partial charge in [-0.15, -0.1) is 11.8 Å². The summed E-state index contributed by atoms with van der Waals surface area (Å²) in [6, 6.07) is 24.7. The largest absolute Gasteiger partial charge is 0.345 e. The van der Waals surface area contributed by atoms with Crippen LogP contribution in [0.3, 0.4) is 0 Å². The number of thioether (sulfide) groups is 1. The van der Waals surface area contributed by atoms with Gasteiger partial charge >= 0.3 is 0 Å². The maximum absolute atomic E-state index is 12.7. The summed E-state index contributed by atoms with van der Waals surface area (Å²) in [5, 5.41) is 3.19. The Morgan fingerprint density at radius 2 is 1.68 bits per heavy atom. The second-order valence-electron chi connectivity index (χ2n) is 7.09. The van der Waals surface area contributed by atoms with Crippen LogP contribution in [0.15, 0.2) is 77.7 Å². The first-order valence-corrected chi connectivity index (χ1v) is 10.7. The molecule has 3 aromatic rings. The number of nitrogens with one attached hydrogen (secondary N) is 1. The smallest absolute Gasteiger partial charge is 0.251 e. The highest BCUT2D eigenvalue weighted by molar-refractivity contribution is 7.98. The van der Waals surface area contributed by atoms with Crippen LogP contribution < -0.4 is 5.32 Å². The molecule has 0 saturated carbocycles. The van der Waals surface area contributed by atoms with E-state index in [1.807, 2.05) is 30.3 Å². The maximum Gasteiger partial charge on any atom is 0.251 e. The SMILES string of the molecule is CC[C@H](NC(=O)c1ccc(CSc2ccccc2)cc1)c1ccc(C)cc1C. The summed E-state index contributed by atoms with van der Waals surface area (Å²) >= 11 is 1.80. The fraction of sp³-hybridized carbons (Fsp3) is 0.240. The van der Waals surface area contributed by atoms with E-state index >= 15 is 0 Å². The number of carbonyl (C=O) groups is 1. The van der Waals surface area contributed by atoms with E-state index in [1.165, 1.54) is 27.1 Å². The topological polar surface area (TPSA) is 29.1 Å². The number of rotatable bonds is 7. The Bertz CT molecular complexity index is 919. The van der Waals surface area contributed by atoms with E-state index in [2.05, 4.69) is 68.6 Å². The third-order valence-corrected chi connectivity index (χ3v) is 5.96. The predicted molar refractivity (Wildman–Crippen MR) is 119 cm³/mol. The lowest BCUT2D eigenvalue weighted by molar-refractivity contribution is 0.0935. The molecule has 0 saturated heterocycles. The molecule has 28 heavy (non-hydrogen) atoms. The van der Waals surface area contributed by atoms with Crippen LogP contribution >= 0.6 is 11.8 Å². The third kappa shape index (κ3) is 5.26. The molecule has 2 nitrogen and oxygen atoms in total. The normalized spacial score (nSPS) is 11.8. The van der Waals surface area contributed by atoms with Gasteiger partial charge in [-0.05, 0) is 61.2 Å². The van der Waals surface area contributed by atoms with E-state index < -0.39 is 0 Å². The van der Waals surface area contributed by atoms with E-state index in [0.29, 0.717) is 5.56 Å². The molecule has 0 spiro atoms. The quantitative estimate of drug-likeness (QED) is 0.469. The monoisotopic (exact) mass is 389 g/mol. The first kappa shape index (κ1) is 20.2. The molecule has 0 aliphatic rings. The van der Waals surface area contributed by atoms with Gasteiger partial charge in [-0.3, -0.25) is 4.79 Å². The first-order valence-electron chi connectivity index (χ1n) is 9.71. The molecule has 0 aliphatic carbocycles. The van der Waals surface area contributed by atoms with Crippen molar-refractivity contribution in [2.24, 2.45) is 0 Å². The van der Waals surface area contributed by atoms with Crippen LogP contribution in [0.4, 0.5) is 0 Å².